The Labute approximate surface area is 99.2 Å². The first-order valence-electron chi connectivity index (χ1n) is 4.72. The smallest absolute Gasteiger partial charge is 0.293 e. The first-order chi connectivity index (χ1) is 8.34. The minimum absolute atomic E-state index is 0.158. The summed E-state index contributed by atoms with van der Waals surface area (Å²) in [5.41, 5.74) is 2.04. The minimum atomic E-state index is -0.358. The molecule has 0 atom stereocenters. The van der Waals surface area contributed by atoms with E-state index in [1.807, 2.05) is 6.07 Å². The van der Waals surface area contributed by atoms with E-state index in [0.29, 0.717) is 11.2 Å². The zero-order valence-corrected chi connectivity index (χ0v) is 9.23. The fourth-order valence-electron chi connectivity index (χ4n) is 1.40. The van der Waals surface area contributed by atoms with E-state index in [-0.39, 0.29) is 11.7 Å². The molecule has 2 N–H and O–H groups in total. The van der Waals surface area contributed by atoms with Crippen molar-refractivity contribution in [3.8, 4) is 0 Å². The number of H-pyrrole nitrogens is 1. The van der Waals surface area contributed by atoms with Gasteiger partial charge in [-0.2, -0.15) is 13.8 Å². The van der Waals surface area contributed by atoms with Gasteiger partial charge >= 0.3 is 0 Å². The summed E-state index contributed by atoms with van der Waals surface area (Å²) < 4.78 is 8.22. The number of benzene rings is 1. The predicted molar refractivity (Wildman–Crippen MR) is 61.8 cm³/mol. The van der Waals surface area contributed by atoms with Gasteiger partial charge in [0.2, 0.25) is 5.82 Å². The lowest BCUT2D eigenvalue weighted by Gasteiger charge is -2.02. The Morgan fingerprint density at radius 2 is 2.29 bits per heavy atom. The number of nitrogens with one attached hydrogen (secondary N) is 2. The van der Waals surface area contributed by atoms with Crippen LogP contribution in [0.15, 0.2) is 24.5 Å². The van der Waals surface area contributed by atoms with Crippen LogP contribution in [0.25, 0.3) is 11.0 Å². The summed E-state index contributed by atoms with van der Waals surface area (Å²) in [6, 6.07) is 5.40. The van der Waals surface area contributed by atoms with Crippen LogP contribution in [0.4, 0.5) is 5.69 Å². The van der Waals surface area contributed by atoms with Gasteiger partial charge in [0.05, 0.1) is 17.4 Å². The molecule has 2 aromatic heterocycles. The van der Waals surface area contributed by atoms with Gasteiger partial charge in [-0.1, -0.05) is 6.07 Å². The highest BCUT2D eigenvalue weighted by molar-refractivity contribution is 7.00. The van der Waals surface area contributed by atoms with Crippen molar-refractivity contribution < 1.29 is 4.79 Å². The highest BCUT2D eigenvalue weighted by Gasteiger charge is 2.12. The lowest BCUT2D eigenvalue weighted by molar-refractivity contribution is 0.101. The second kappa shape index (κ2) is 3.91. The fourth-order valence-corrected chi connectivity index (χ4v) is 1.95. The van der Waals surface area contributed by atoms with Gasteiger partial charge in [-0.05, 0) is 12.1 Å². The topological polar surface area (TPSA) is 96.5 Å². The maximum Gasteiger partial charge on any atom is 0.293 e. The molecule has 0 spiro atoms. The molecule has 0 fully saturated rings. The van der Waals surface area contributed by atoms with E-state index in [9.17, 15) is 4.79 Å². The van der Waals surface area contributed by atoms with Crippen LogP contribution in [0.5, 0.6) is 0 Å². The normalized spacial score (nSPS) is 10.6. The first kappa shape index (κ1) is 9.85. The van der Waals surface area contributed by atoms with E-state index >= 15 is 0 Å². The molecule has 8 heteroatoms. The number of fused-ring (bicyclic) bond motifs is 1. The molecule has 0 aliphatic heterocycles. The van der Waals surface area contributed by atoms with Gasteiger partial charge in [0.25, 0.3) is 5.91 Å². The summed E-state index contributed by atoms with van der Waals surface area (Å²) in [5, 5.41) is 8.81. The van der Waals surface area contributed by atoms with Gasteiger partial charge in [0.1, 0.15) is 17.4 Å². The van der Waals surface area contributed by atoms with Crippen molar-refractivity contribution in [2.45, 2.75) is 0 Å². The molecule has 0 unspecified atom stereocenters. The zero-order valence-electron chi connectivity index (χ0n) is 8.41. The lowest BCUT2D eigenvalue weighted by Crippen LogP contribution is -2.13. The third kappa shape index (κ3) is 1.74. The van der Waals surface area contributed by atoms with Gasteiger partial charge in [-0.15, -0.1) is 0 Å². The van der Waals surface area contributed by atoms with Crippen LogP contribution in [0.2, 0.25) is 0 Å². The van der Waals surface area contributed by atoms with Crippen LogP contribution in [-0.2, 0) is 0 Å². The molecular weight excluding hydrogens is 240 g/mol. The monoisotopic (exact) mass is 246 g/mol. The summed E-state index contributed by atoms with van der Waals surface area (Å²) in [5.74, 6) is -0.201. The molecule has 0 aliphatic carbocycles. The highest BCUT2D eigenvalue weighted by atomic mass is 32.1. The van der Waals surface area contributed by atoms with Gasteiger partial charge in [-0.25, -0.2) is 4.98 Å². The number of rotatable bonds is 2. The molecule has 0 saturated heterocycles. The average molecular weight is 246 g/mol. The van der Waals surface area contributed by atoms with E-state index in [2.05, 4.69) is 29.2 Å². The maximum atomic E-state index is 11.8. The third-order valence-electron chi connectivity index (χ3n) is 2.16. The van der Waals surface area contributed by atoms with Gasteiger partial charge in [-0.3, -0.25) is 9.89 Å². The number of hydrogen-bond acceptors (Lipinski definition) is 6. The quantitative estimate of drug-likeness (QED) is 0.704. The van der Waals surface area contributed by atoms with Crippen LogP contribution in [0.1, 0.15) is 10.6 Å². The molecule has 0 saturated carbocycles. The Balaban J connectivity index is 1.95. The molecule has 84 valence electrons. The molecule has 0 aliphatic rings. The van der Waals surface area contributed by atoms with Crippen LogP contribution in [0.3, 0.4) is 0 Å². The van der Waals surface area contributed by atoms with Crippen LogP contribution in [-0.4, -0.2) is 29.8 Å². The number of amides is 1. The summed E-state index contributed by atoms with van der Waals surface area (Å²) in [7, 11) is 0. The Morgan fingerprint density at radius 1 is 1.35 bits per heavy atom. The Morgan fingerprint density at radius 3 is 3.12 bits per heavy atom. The van der Waals surface area contributed by atoms with E-state index in [1.54, 1.807) is 12.1 Å². The van der Waals surface area contributed by atoms with Gasteiger partial charge < -0.3 is 5.32 Å². The number of carbonyl (C=O) groups excluding carboxylic acids is 1. The number of nitrogens with zero attached hydrogens (tertiary/aromatic N) is 4. The molecule has 1 aromatic carbocycles. The average Bonchev–Trinajstić information content (AvgIpc) is 3.00. The Bertz CT molecular complexity index is 661. The molecule has 7 nitrogen and oxygen atoms in total. The van der Waals surface area contributed by atoms with Crippen molar-refractivity contribution in [3.05, 3.63) is 30.4 Å². The predicted octanol–water partition coefficient (Wildman–Crippen LogP) is 1.06. The molecular formula is C9H6N6OS. The van der Waals surface area contributed by atoms with Crippen molar-refractivity contribution in [2.75, 3.05) is 5.32 Å². The van der Waals surface area contributed by atoms with Gasteiger partial charge in [0.15, 0.2) is 0 Å². The standard InChI is InChI=1S/C9H6N6OS/c16-9(8-10-4-11-13-8)12-5-2-1-3-6-7(5)15-17-14-6/h1-4H,(H,12,16)(H,10,11,13). The van der Waals surface area contributed by atoms with Crippen molar-refractivity contribution in [3.63, 3.8) is 0 Å². The molecule has 1 amide bonds. The summed E-state index contributed by atoms with van der Waals surface area (Å²) >= 11 is 1.10. The second-order valence-corrected chi connectivity index (χ2v) is 3.75. The Kier molecular flexibility index (Phi) is 2.26. The summed E-state index contributed by atoms with van der Waals surface area (Å²) in [6.07, 6.45) is 1.28. The molecule has 3 aromatic rings. The summed E-state index contributed by atoms with van der Waals surface area (Å²) in [6.45, 7) is 0. The van der Waals surface area contributed by atoms with Crippen LogP contribution in [0, 0.1) is 0 Å². The van der Waals surface area contributed by atoms with E-state index < -0.39 is 0 Å². The SMILES string of the molecule is O=C(Nc1cccc2nsnc12)c1ncn[nH]1. The fraction of sp³-hybridized carbons (Fsp3) is 0. The van der Waals surface area contributed by atoms with Crippen molar-refractivity contribution >= 4 is 34.4 Å². The second-order valence-electron chi connectivity index (χ2n) is 3.23. The highest BCUT2D eigenvalue weighted by Crippen LogP contribution is 2.21. The minimum Gasteiger partial charge on any atom is -0.317 e. The van der Waals surface area contributed by atoms with Gasteiger partial charge in [0, 0.05) is 0 Å². The molecule has 0 radical (unpaired) electrons. The summed E-state index contributed by atoms with van der Waals surface area (Å²) in [4.78, 5) is 15.5. The van der Waals surface area contributed by atoms with Crippen LogP contribution < -0.4 is 5.32 Å². The molecule has 2 heterocycles. The molecule has 0 bridgehead atoms. The van der Waals surface area contributed by atoms with Crippen molar-refractivity contribution in [2.24, 2.45) is 0 Å². The van der Waals surface area contributed by atoms with E-state index in [1.165, 1.54) is 6.33 Å². The molecule has 3 rings (SSSR count). The van der Waals surface area contributed by atoms with E-state index in [0.717, 1.165) is 17.2 Å². The maximum absolute atomic E-state index is 11.8. The van der Waals surface area contributed by atoms with Crippen molar-refractivity contribution in [1.29, 1.82) is 0 Å². The number of carbonyl (C=O) groups is 1. The third-order valence-corrected chi connectivity index (χ3v) is 2.71. The van der Waals surface area contributed by atoms with E-state index in [4.69, 9.17) is 0 Å². The first-order valence-corrected chi connectivity index (χ1v) is 5.45. The number of hydrogen-bond donors (Lipinski definition) is 2. The van der Waals surface area contributed by atoms with Crippen molar-refractivity contribution in [1.82, 2.24) is 23.9 Å². The zero-order chi connectivity index (χ0) is 11.7. The number of aromatic nitrogens is 5. The number of anilines is 1. The Hall–Kier alpha value is -2.35. The van der Waals surface area contributed by atoms with Crippen LogP contribution >= 0.6 is 11.7 Å². The number of aromatic amines is 1. The largest absolute Gasteiger partial charge is 0.317 e. The lowest BCUT2D eigenvalue weighted by atomic mass is 10.2. The molecule has 17 heavy (non-hydrogen) atoms.